The van der Waals surface area contributed by atoms with Crippen LogP contribution in [0.2, 0.25) is 0 Å². The van der Waals surface area contributed by atoms with E-state index in [2.05, 4.69) is 55.2 Å². The summed E-state index contributed by atoms with van der Waals surface area (Å²) in [5.74, 6) is 1.04. The number of piperazine rings is 1. The monoisotopic (exact) mass is 334 g/mol. The molecule has 1 atom stereocenters. The smallest absolute Gasteiger partial charge is 0.123 e. The minimum atomic E-state index is 0.327. The van der Waals surface area contributed by atoms with Gasteiger partial charge >= 0.3 is 0 Å². The lowest BCUT2D eigenvalue weighted by molar-refractivity contribution is 0.180. The van der Waals surface area contributed by atoms with Gasteiger partial charge in [-0.3, -0.25) is 4.90 Å². The highest BCUT2D eigenvalue weighted by Crippen LogP contribution is 2.28. The predicted molar refractivity (Wildman–Crippen MR) is 84.6 cm³/mol. The Labute approximate surface area is 127 Å². The Morgan fingerprint density at radius 3 is 2.75 bits per heavy atom. The molecule has 0 radical (unpaired) electrons. The number of imidazole rings is 1. The van der Waals surface area contributed by atoms with Crippen LogP contribution in [0, 0.1) is 0 Å². The zero-order valence-corrected chi connectivity index (χ0v) is 13.2. The fraction of sp³-hybridized carbons (Fsp3) is 0.400. The third-order valence-corrected chi connectivity index (χ3v) is 4.55. The summed E-state index contributed by atoms with van der Waals surface area (Å²) in [4.78, 5) is 10.5. The number of benzene rings is 1. The van der Waals surface area contributed by atoms with Crippen molar-refractivity contribution in [3.63, 3.8) is 0 Å². The summed E-state index contributed by atoms with van der Waals surface area (Å²) < 4.78 is 1.09. The number of rotatable bonds is 3. The molecule has 1 aromatic heterocycles. The zero-order chi connectivity index (χ0) is 13.9. The molecule has 0 aliphatic carbocycles. The molecule has 2 N–H and O–H groups in total. The molecular weight excluding hydrogens is 316 g/mol. The minimum absolute atomic E-state index is 0.327. The molecular formula is C15H19BrN4. The van der Waals surface area contributed by atoms with E-state index in [1.54, 1.807) is 0 Å². The van der Waals surface area contributed by atoms with Crippen LogP contribution in [0.1, 0.15) is 18.8 Å². The third-order valence-electron chi connectivity index (χ3n) is 3.85. The normalized spacial score (nSPS) is 18.1. The fourth-order valence-corrected chi connectivity index (χ4v) is 3.11. The van der Waals surface area contributed by atoms with Gasteiger partial charge in [0.05, 0.1) is 17.9 Å². The second-order valence-electron chi connectivity index (χ2n) is 5.12. The van der Waals surface area contributed by atoms with E-state index in [4.69, 9.17) is 0 Å². The van der Waals surface area contributed by atoms with Gasteiger partial charge in [0.1, 0.15) is 5.82 Å². The van der Waals surface area contributed by atoms with Gasteiger partial charge in [-0.25, -0.2) is 4.98 Å². The Morgan fingerprint density at radius 1 is 1.25 bits per heavy atom. The van der Waals surface area contributed by atoms with Crippen LogP contribution in [-0.2, 0) is 0 Å². The van der Waals surface area contributed by atoms with Gasteiger partial charge in [0.15, 0.2) is 0 Å². The van der Waals surface area contributed by atoms with Gasteiger partial charge in [-0.15, -0.1) is 0 Å². The topological polar surface area (TPSA) is 44.0 Å². The first-order valence-electron chi connectivity index (χ1n) is 7.00. The van der Waals surface area contributed by atoms with Crippen molar-refractivity contribution in [2.24, 2.45) is 0 Å². The molecule has 0 bridgehead atoms. The first-order chi connectivity index (χ1) is 9.75. The molecule has 2 aromatic rings. The first kappa shape index (κ1) is 13.8. The summed E-state index contributed by atoms with van der Waals surface area (Å²) in [6, 6.07) is 8.54. The highest BCUT2D eigenvalue weighted by atomic mass is 79.9. The van der Waals surface area contributed by atoms with E-state index in [-0.39, 0.29) is 0 Å². The van der Waals surface area contributed by atoms with Gasteiger partial charge in [-0.05, 0) is 13.0 Å². The number of H-pyrrole nitrogens is 1. The van der Waals surface area contributed by atoms with Gasteiger partial charge in [-0.1, -0.05) is 34.1 Å². The molecule has 5 heteroatoms. The van der Waals surface area contributed by atoms with Gasteiger partial charge in [0.25, 0.3) is 0 Å². The van der Waals surface area contributed by atoms with E-state index in [0.717, 1.165) is 47.7 Å². The summed E-state index contributed by atoms with van der Waals surface area (Å²) in [6.45, 7) is 6.48. The van der Waals surface area contributed by atoms with Crippen molar-refractivity contribution in [3.05, 3.63) is 40.8 Å². The van der Waals surface area contributed by atoms with Crippen molar-refractivity contribution in [2.75, 3.05) is 26.2 Å². The minimum Gasteiger partial charge on any atom is -0.341 e. The molecule has 1 fully saturated rings. The SMILES string of the molecule is CC(c1ncc(-c2ccccc2Br)[nH]1)N1CCNCC1. The Morgan fingerprint density at radius 2 is 2.00 bits per heavy atom. The summed E-state index contributed by atoms with van der Waals surface area (Å²) >= 11 is 3.59. The number of aromatic amines is 1. The molecule has 1 unspecified atom stereocenters. The van der Waals surface area contributed by atoms with Crippen LogP contribution < -0.4 is 5.32 Å². The fourth-order valence-electron chi connectivity index (χ4n) is 2.61. The van der Waals surface area contributed by atoms with Gasteiger partial charge < -0.3 is 10.3 Å². The number of hydrogen-bond donors (Lipinski definition) is 2. The highest BCUT2D eigenvalue weighted by molar-refractivity contribution is 9.10. The van der Waals surface area contributed by atoms with Crippen molar-refractivity contribution in [1.82, 2.24) is 20.2 Å². The van der Waals surface area contributed by atoms with Crippen molar-refractivity contribution in [2.45, 2.75) is 13.0 Å². The first-order valence-corrected chi connectivity index (χ1v) is 7.79. The quantitative estimate of drug-likeness (QED) is 0.907. The van der Waals surface area contributed by atoms with Crippen LogP contribution in [-0.4, -0.2) is 41.0 Å². The molecule has 1 aromatic carbocycles. The predicted octanol–water partition coefficient (Wildman–Crippen LogP) is 2.81. The van der Waals surface area contributed by atoms with Crippen molar-refractivity contribution in [3.8, 4) is 11.3 Å². The van der Waals surface area contributed by atoms with Gasteiger partial charge in [0, 0.05) is 36.2 Å². The van der Waals surface area contributed by atoms with Crippen molar-refractivity contribution in [1.29, 1.82) is 0 Å². The molecule has 1 aliphatic heterocycles. The van der Waals surface area contributed by atoms with E-state index in [9.17, 15) is 0 Å². The number of halogens is 1. The third kappa shape index (κ3) is 2.80. The lowest BCUT2D eigenvalue weighted by Gasteiger charge is -2.31. The number of nitrogens with one attached hydrogen (secondary N) is 2. The van der Waals surface area contributed by atoms with Crippen LogP contribution in [0.15, 0.2) is 34.9 Å². The summed E-state index contributed by atoms with van der Waals surface area (Å²) in [7, 11) is 0. The molecule has 4 nitrogen and oxygen atoms in total. The summed E-state index contributed by atoms with van der Waals surface area (Å²) in [6.07, 6.45) is 1.92. The Hall–Kier alpha value is -1.17. The molecule has 0 saturated carbocycles. The summed E-state index contributed by atoms with van der Waals surface area (Å²) in [5, 5.41) is 3.38. The molecule has 0 spiro atoms. The second-order valence-corrected chi connectivity index (χ2v) is 5.98. The van der Waals surface area contributed by atoms with Crippen molar-refractivity contribution >= 4 is 15.9 Å². The van der Waals surface area contributed by atoms with Gasteiger partial charge in [-0.2, -0.15) is 0 Å². The number of nitrogens with zero attached hydrogens (tertiary/aromatic N) is 2. The van der Waals surface area contributed by atoms with E-state index >= 15 is 0 Å². The van der Waals surface area contributed by atoms with Crippen LogP contribution in [0.3, 0.4) is 0 Å². The lowest BCUT2D eigenvalue weighted by Crippen LogP contribution is -2.44. The van der Waals surface area contributed by atoms with Crippen molar-refractivity contribution < 1.29 is 0 Å². The Bertz CT molecular complexity index is 575. The molecule has 20 heavy (non-hydrogen) atoms. The molecule has 1 saturated heterocycles. The van der Waals surface area contributed by atoms with E-state index < -0.39 is 0 Å². The van der Waals surface area contributed by atoms with E-state index in [1.807, 2.05) is 18.3 Å². The largest absolute Gasteiger partial charge is 0.341 e. The molecule has 0 amide bonds. The number of aromatic nitrogens is 2. The molecule has 3 rings (SSSR count). The molecule has 2 heterocycles. The van der Waals surface area contributed by atoms with Crippen LogP contribution >= 0.6 is 15.9 Å². The van der Waals surface area contributed by atoms with Gasteiger partial charge in [0.2, 0.25) is 0 Å². The van der Waals surface area contributed by atoms with E-state index in [1.165, 1.54) is 0 Å². The Kier molecular flexibility index (Phi) is 4.19. The highest BCUT2D eigenvalue weighted by Gasteiger charge is 2.20. The maximum absolute atomic E-state index is 4.57. The lowest BCUT2D eigenvalue weighted by atomic mass is 10.2. The average Bonchev–Trinajstić information content (AvgIpc) is 2.97. The maximum Gasteiger partial charge on any atom is 0.123 e. The Balaban J connectivity index is 1.81. The molecule has 1 aliphatic rings. The molecule has 106 valence electrons. The van der Waals surface area contributed by atoms with Crippen LogP contribution in [0.4, 0.5) is 0 Å². The maximum atomic E-state index is 4.57. The number of hydrogen-bond acceptors (Lipinski definition) is 3. The average molecular weight is 335 g/mol. The van der Waals surface area contributed by atoms with Crippen LogP contribution in [0.25, 0.3) is 11.3 Å². The summed E-state index contributed by atoms with van der Waals surface area (Å²) in [5.41, 5.74) is 2.22. The second kappa shape index (κ2) is 6.08. The zero-order valence-electron chi connectivity index (χ0n) is 11.6. The standard InChI is InChI=1S/C15H19BrN4/c1-11(20-8-6-17-7-9-20)15-18-10-14(19-15)12-4-2-3-5-13(12)16/h2-5,10-11,17H,6-9H2,1H3,(H,18,19). The van der Waals surface area contributed by atoms with Crippen LogP contribution in [0.5, 0.6) is 0 Å². The van der Waals surface area contributed by atoms with E-state index in [0.29, 0.717) is 6.04 Å².